The van der Waals surface area contributed by atoms with Crippen molar-refractivity contribution >= 4 is 12.2 Å². The van der Waals surface area contributed by atoms with Gasteiger partial charge < -0.3 is 9.32 Å². The zero-order valence-corrected chi connectivity index (χ0v) is 10.8. The van der Waals surface area contributed by atoms with Crippen LogP contribution in [-0.4, -0.2) is 29.1 Å². The van der Waals surface area contributed by atoms with Crippen molar-refractivity contribution in [3.8, 4) is 0 Å². The van der Waals surface area contributed by atoms with E-state index in [4.69, 9.17) is 4.42 Å². The topological polar surface area (TPSA) is 63.4 Å². The van der Waals surface area contributed by atoms with Crippen LogP contribution in [0.15, 0.2) is 34.5 Å². The second-order valence-electron chi connectivity index (χ2n) is 4.05. The molecule has 0 atom stereocenters. The van der Waals surface area contributed by atoms with Gasteiger partial charge in [0.05, 0.1) is 12.2 Å². The molecule has 0 bridgehead atoms. The van der Waals surface area contributed by atoms with E-state index in [-0.39, 0.29) is 11.5 Å². The number of nitrogens with zero attached hydrogens (tertiary/aromatic N) is 2. The fourth-order valence-corrected chi connectivity index (χ4v) is 1.41. The van der Waals surface area contributed by atoms with Gasteiger partial charge in [0.15, 0.2) is 5.89 Å². The lowest BCUT2D eigenvalue weighted by atomic mass is 10.2. The van der Waals surface area contributed by atoms with Crippen LogP contribution < -0.4 is 0 Å². The average Bonchev–Trinajstić information content (AvgIpc) is 2.73. The molecule has 5 nitrogen and oxygen atoms in total. The smallest absolute Gasteiger partial charge is 0.253 e. The normalized spacial score (nSPS) is 11.2. The highest BCUT2D eigenvalue weighted by atomic mass is 16.3. The predicted molar refractivity (Wildman–Crippen MR) is 66.7 cm³/mol. The number of aryl methyl sites for hydroxylation is 1. The molecule has 0 aromatic carbocycles. The summed E-state index contributed by atoms with van der Waals surface area (Å²) in [5.41, 5.74) is 1.40. The lowest BCUT2D eigenvalue weighted by molar-refractivity contribution is -0.126. The quantitative estimate of drug-likeness (QED) is 0.451. The van der Waals surface area contributed by atoms with Gasteiger partial charge in [0.25, 0.3) is 5.91 Å². The first-order valence-electron chi connectivity index (χ1n) is 5.43. The number of likely N-dealkylation sites (N-methyl/N-ethyl adjacent to an activating group) is 1. The van der Waals surface area contributed by atoms with Crippen LogP contribution >= 0.6 is 0 Å². The Morgan fingerprint density at radius 1 is 1.61 bits per heavy atom. The molecule has 0 fully saturated rings. The third kappa shape index (κ3) is 3.69. The molecular weight excluding hydrogens is 232 g/mol. The molecule has 96 valence electrons. The minimum atomic E-state index is -0.253. The fraction of sp³-hybridized carbons (Fsp3) is 0.308. The Balaban J connectivity index is 2.67. The minimum absolute atomic E-state index is 0.253. The van der Waals surface area contributed by atoms with Crippen molar-refractivity contribution in [3.63, 3.8) is 0 Å². The monoisotopic (exact) mass is 248 g/mol. The number of hydrogen-bond donors (Lipinski definition) is 0. The minimum Gasteiger partial charge on any atom is -0.449 e. The summed E-state index contributed by atoms with van der Waals surface area (Å²) in [6, 6.07) is 0. The molecule has 0 radical (unpaired) electrons. The Morgan fingerprint density at radius 3 is 2.78 bits per heavy atom. The van der Waals surface area contributed by atoms with E-state index in [1.807, 2.05) is 0 Å². The molecule has 0 aliphatic carbocycles. The molecule has 0 N–H and O–H groups in total. The molecule has 5 heteroatoms. The van der Waals surface area contributed by atoms with Gasteiger partial charge in [-0.25, -0.2) is 4.98 Å². The van der Waals surface area contributed by atoms with Gasteiger partial charge in [0.1, 0.15) is 12.5 Å². The first kappa shape index (κ1) is 13.9. The number of aldehydes is 1. The van der Waals surface area contributed by atoms with Crippen molar-refractivity contribution in [1.29, 1.82) is 0 Å². The first-order valence-corrected chi connectivity index (χ1v) is 5.43. The van der Waals surface area contributed by atoms with E-state index in [1.54, 1.807) is 20.9 Å². The third-order valence-corrected chi connectivity index (χ3v) is 2.27. The van der Waals surface area contributed by atoms with Gasteiger partial charge in [-0.2, -0.15) is 0 Å². The van der Waals surface area contributed by atoms with Crippen LogP contribution in [0.25, 0.3) is 0 Å². The van der Waals surface area contributed by atoms with E-state index in [9.17, 15) is 9.59 Å². The summed E-state index contributed by atoms with van der Waals surface area (Å²) in [6.45, 7) is 7.33. The summed E-state index contributed by atoms with van der Waals surface area (Å²) in [5.74, 6) is 0.304. The van der Waals surface area contributed by atoms with Crippen LogP contribution in [-0.2, 0) is 16.1 Å². The Morgan fingerprint density at radius 2 is 2.28 bits per heavy atom. The maximum atomic E-state index is 11.9. The van der Waals surface area contributed by atoms with Gasteiger partial charge in [0, 0.05) is 19.5 Å². The number of carbonyl (C=O) groups is 2. The van der Waals surface area contributed by atoms with Crippen molar-refractivity contribution in [2.45, 2.75) is 20.4 Å². The summed E-state index contributed by atoms with van der Waals surface area (Å²) < 4.78 is 5.06. The summed E-state index contributed by atoms with van der Waals surface area (Å²) in [5, 5.41) is 0. The summed E-state index contributed by atoms with van der Waals surface area (Å²) in [7, 11) is 1.64. The van der Waals surface area contributed by atoms with Crippen LogP contribution in [0.2, 0.25) is 0 Å². The van der Waals surface area contributed by atoms with E-state index >= 15 is 0 Å². The second kappa shape index (κ2) is 5.95. The van der Waals surface area contributed by atoms with Gasteiger partial charge >= 0.3 is 0 Å². The van der Waals surface area contributed by atoms with Crippen LogP contribution in [0.5, 0.6) is 0 Å². The van der Waals surface area contributed by atoms with E-state index in [0.717, 1.165) is 0 Å². The number of oxazole rings is 1. The van der Waals surface area contributed by atoms with Gasteiger partial charge in [-0.05, 0) is 18.6 Å². The number of hydrogen-bond acceptors (Lipinski definition) is 4. The molecule has 0 saturated heterocycles. The molecular formula is C13H16N2O3. The zero-order valence-electron chi connectivity index (χ0n) is 10.8. The highest BCUT2D eigenvalue weighted by molar-refractivity contribution is 5.96. The number of carbonyl (C=O) groups excluding carboxylic acids is 2. The maximum absolute atomic E-state index is 11.9. The van der Waals surface area contributed by atoms with Crippen molar-refractivity contribution in [2.75, 3.05) is 7.05 Å². The third-order valence-electron chi connectivity index (χ3n) is 2.27. The SMILES string of the molecule is C=C(/C=C(/C)C=O)C(=O)N(C)Cc1coc(C)n1. The van der Waals surface area contributed by atoms with Crippen molar-refractivity contribution < 1.29 is 14.0 Å². The summed E-state index contributed by atoms with van der Waals surface area (Å²) in [4.78, 5) is 28.0. The maximum Gasteiger partial charge on any atom is 0.253 e. The number of amides is 1. The van der Waals surface area contributed by atoms with E-state index < -0.39 is 0 Å². The Kier molecular flexibility index (Phi) is 4.59. The molecule has 0 spiro atoms. The van der Waals surface area contributed by atoms with Gasteiger partial charge in [-0.15, -0.1) is 0 Å². The molecule has 1 rings (SSSR count). The van der Waals surface area contributed by atoms with Gasteiger partial charge in [-0.1, -0.05) is 6.58 Å². The summed E-state index contributed by atoms with van der Waals surface area (Å²) >= 11 is 0. The highest BCUT2D eigenvalue weighted by Gasteiger charge is 2.13. The molecule has 18 heavy (non-hydrogen) atoms. The molecule has 1 heterocycles. The van der Waals surface area contributed by atoms with Crippen molar-refractivity contribution in [1.82, 2.24) is 9.88 Å². The molecule has 0 aliphatic heterocycles. The highest BCUT2D eigenvalue weighted by Crippen LogP contribution is 2.08. The fourth-order valence-electron chi connectivity index (χ4n) is 1.41. The number of rotatable bonds is 5. The molecule has 1 aromatic rings. The first-order chi connectivity index (χ1) is 8.43. The molecule has 0 aliphatic rings. The second-order valence-corrected chi connectivity index (χ2v) is 4.05. The Labute approximate surface area is 106 Å². The molecule has 0 unspecified atom stereocenters. The van der Waals surface area contributed by atoms with Crippen molar-refractivity contribution in [2.24, 2.45) is 0 Å². The van der Waals surface area contributed by atoms with Gasteiger partial charge in [-0.3, -0.25) is 9.59 Å². The van der Waals surface area contributed by atoms with E-state index in [1.165, 1.54) is 17.2 Å². The largest absolute Gasteiger partial charge is 0.449 e. The van der Waals surface area contributed by atoms with Crippen LogP contribution in [0.4, 0.5) is 0 Å². The standard InChI is InChI=1S/C13H16N2O3/c1-9(7-16)5-10(2)13(17)15(4)6-12-8-18-11(3)14-12/h5,7-8H,2,6H2,1,3-4H3/b9-5-. The van der Waals surface area contributed by atoms with Crippen molar-refractivity contribution in [3.05, 3.63) is 41.6 Å². The average molecular weight is 248 g/mol. The molecule has 0 saturated carbocycles. The van der Waals surface area contributed by atoms with Crippen LogP contribution in [0.1, 0.15) is 18.5 Å². The Hall–Kier alpha value is -2.17. The zero-order chi connectivity index (χ0) is 13.7. The Bertz CT molecular complexity index is 500. The van der Waals surface area contributed by atoms with Crippen LogP contribution in [0, 0.1) is 6.92 Å². The van der Waals surface area contributed by atoms with E-state index in [0.29, 0.717) is 30.0 Å². The van der Waals surface area contributed by atoms with Crippen LogP contribution in [0.3, 0.4) is 0 Å². The lowest BCUT2D eigenvalue weighted by Gasteiger charge is -2.15. The number of aromatic nitrogens is 1. The lowest BCUT2D eigenvalue weighted by Crippen LogP contribution is -2.27. The molecule has 1 amide bonds. The van der Waals surface area contributed by atoms with E-state index in [2.05, 4.69) is 11.6 Å². The summed E-state index contributed by atoms with van der Waals surface area (Å²) in [6.07, 6.45) is 3.65. The predicted octanol–water partition coefficient (Wildman–Crippen LogP) is 1.64. The number of allylic oxidation sites excluding steroid dienone is 1. The molecule has 1 aromatic heterocycles. The van der Waals surface area contributed by atoms with Gasteiger partial charge in [0.2, 0.25) is 0 Å².